The highest BCUT2D eigenvalue weighted by Crippen LogP contribution is 2.34. The fraction of sp³-hybridized carbons (Fsp3) is 0.340. The molecule has 24 heteroatoms. The molecule has 9 aromatic carbocycles. The van der Waals surface area contributed by atoms with Crippen molar-refractivity contribution >= 4 is 59.2 Å². The highest BCUT2D eigenvalue weighted by Gasteiger charge is 2.50. The van der Waals surface area contributed by atoms with Gasteiger partial charge in [-0.05, 0) is 144 Å². The van der Waals surface area contributed by atoms with Crippen LogP contribution in [0.4, 0.5) is 0 Å². The Labute approximate surface area is 708 Å². The first-order chi connectivity index (χ1) is 58.4. The molecule has 4 fully saturated rings. The molecular weight excluding hydrogens is 1530 g/mol. The number of benzene rings is 9. The molecule has 0 aliphatic carbocycles. The molecule has 0 radical (unpaired) electrons. The van der Waals surface area contributed by atoms with Gasteiger partial charge < -0.3 is 68.4 Å². The van der Waals surface area contributed by atoms with E-state index >= 15 is 0 Å². The van der Waals surface area contributed by atoms with Crippen LogP contribution in [0.5, 0.6) is 23.0 Å². The van der Waals surface area contributed by atoms with Gasteiger partial charge in [0, 0.05) is 73.6 Å². The molecule has 24 nitrogen and oxygen atoms in total. The number of likely N-dealkylation sites (N-methyl/N-ethyl adjacent to an activating group) is 4. The van der Waals surface area contributed by atoms with Crippen molar-refractivity contribution in [2.45, 2.75) is 158 Å². The summed E-state index contributed by atoms with van der Waals surface area (Å²) in [4.78, 5) is 139. The Morgan fingerprint density at radius 1 is 0.289 bits per heavy atom. The van der Waals surface area contributed by atoms with Crippen LogP contribution in [0, 0.1) is 0 Å². The van der Waals surface area contributed by atoms with Gasteiger partial charge >= 0.3 is 11.9 Å². The zero-order chi connectivity index (χ0) is 86.5. The normalized spacial score (nSPS) is 18.5. The molecule has 121 heavy (non-hydrogen) atoms. The third kappa shape index (κ3) is 24.8. The molecule has 9 aromatic rings. The van der Waals surface area contributed by atoms with Gasteiger partial charge in [0.05, 0.1) is 34.2 Å². The van der Waals surface area contributed by atoms with Crippen molar-refractivity contribution in [3.05, 3.63) is 299 Å². The van der Waals surface area contributed by atoms with Crippen LogP contribution in [0.25, 0.3) is 0 Å². The van der Waals surface area contributed by atoms with Crippen molar-refractivity contribution in [3.8, 4) is 23.0 Å². The number of amides is 8. The van der Waals surface area contributed by atoms with E-state index in [0.717, 1.165) is 70.6 Å². The fourth-order valence-corrected chi connectivity index (χ4v) is 16.1. The summed E-state index contributed by atoms with van der Waals surface area (Å²) >= 11 is 0. The van der Waals surface area contributed by atoms with Gasteiger partial charge in [0.2, 0.25) is 41.4 Å². The SMILES string of the molecule is CN1C(=O)C(Cc2ccccc2)N(C(=O)CCC(=O)O)C1CCc1ccccc1.COc1ccc(CC2C(=O)N(C)C(CCc3ccccc3)N2C(=O)CCC(=O)O)cc1.COc1ccc(CC2C(=O)N(C)C(CCc3ccccc3)N2C(=O)COc2ccccc2)cc1.COc1ccc(CC2C(=O)N(C)C(CCc3ccccc3)N2C(C)=O)cc1. The molecule has 0 aromatic heterocycles. The number of ether oxygens (including phenoxy) is 4. The number of aliphatic carboxylic acids is 2. The maximum absolute atomic E-state index is 13.4. The van der Waals surface area contributed by atoms with Gasteiger partial charge in [-0.2, -0.15) is 0 Å². The molecule has 8 atom stereocenters. The summed E-state index contributed by atoms with van der Waals surface area (Å²) in [5, 5.41) is 18.0. The van der Waals surface area contributed by atoms with E-state index in [1.807, 2.05) is 231 Å². The first-order valence-corrected chi connectivity index (χ1v) is 40.9. The molecule has 4 aliphatic heterocycles. The Morgan fingerprint density at radius 3 is 0.777 bits per heavy atom. The average molecular weight is 1640 g/mol. The molecule has 13 rings (SSSR count). The minimum Gasteiger partial charge on any atom is -0.497 e. The quantitative estimate of drug-likeness (QED) is 0.0396. The predicted molar refractivity (Wildman–Crippen MR) is 459 cm³/mol. The van der Waals surface area contributed by atoms with E-state index in [0.29, 0.717) is 62.9 Å². The summed E-state index contributed by atoms with van der Waals surface area (Å²) in [5.74, 6) is -0.313. The number of carboxylic acids is 2. The molecule has 4 saturated heterocycles. The Balaban J connectivity index is 0.000000170. The van der Waals surface area contributed by atoms with Crippen LogP contribution in [-0.2, 0) is 99.3 Å². The summed E-state index contributed by atoms with van der Waals surface area (Å²) in [7, 11) is 11.8. The molecule has 0 spiro atoms. The lowest BCUT2D eigenvalue weighted by Crippen LogP contribution is -2.47. The van der Waals surface area contributed by atoms with Gasteiger partial charge in [-0.3, -0.25) is 47.9 Å². The molecule has 0 saturated carbocycles. The molecular formula is C97H110N8O16. The van der Waals surface area contributed by atoms with E-state index < -0.39 is 42.3 Å². The van der Waals surface area contributed by atoms with Gasteiger partial charge in [0.15, 0.2) is 6.61 Å². The monoisotopic (exact) mass is 1640 g/mol. The number of hydrogen-bond donors (Lipinski definition) is 2. The van der Waals surface area contributed by atoms with Crippen LogP contribution in [0.15, 0.2) is 255 Å². The van der Waals surface area contributed by atoms with Gasteiger partial charge in [0.1, 0.15) is 71.8 Å². The van der Waals surface area contributed by atoms with Crippen LogP contribution in [0.2, 0.25) is 0 Å². The van der Waals surface area contributed by atoms with E-state index in [-0.39, 0.29) is 98.0 Å². The van der Waals surface area contributed by atoms with Crippen molar-refractivity contribution < 1.29 is 77.1 Å². The van der Waals surface area contributed by atoms with E-state index in [4.69, 9.17) is 29.2 Å². The summed E-state index contributed by atoms with van der Waals surface area (Å²) in [6.07, 6.45) is 5.28. The van der Waals surface area contributed by atoms with Crippen molar-refractivity contribution in [2.75, 3.05) is 56.1 Å². The second kappa shape index (κ2) is 44.6. The number of nitrogens with zero attached hydrogens (tertiary/aromatic N) is 8. The number of carbonyl (C=O) groups excluding carboxylic acids is 8. The third-order valence-electron chi connectivity index (χ3n) is 22.6. The molecule has 2 N–H and O–H groups in total. The number of para-hydroxylation sites is 1. The van der Waals surface area contributed by atoms with Crippen molar-refractivity contribution in [2.24, 2.45) is 0 Å². The van der Waals surface area contributed by atoms with Crippen LogP contribution < -0.4 is 18.9 Å². The number of hydrogen-bond acceptors (Lipinski definition) is 14. The number of aryl methyl sites for hydroxylation is 4. The third-order valence-corrected chi connectivity index (χ3v) is 22.6. The molecule has 4 aliphatic rings. The van der Waals surface area contributed by atoms with Crippen LogP contribution >= 0.6 is 0 Å². The molecule has 8 unspecified atom stereocenters. The van der Waals surface area contributed by atoms with Gasteiger partial charge in [0.25, 0.3) is 5.91 Å². The fourth-order valence-electron chi connectivity index (χ4n) is 16.1. The van der Waals surface area contributed by atoms with Crippen LogP contribution in [0.1, 0.15) is 103 Å². The van der Waals surface area contributed by atoms with Gasteiger partial charge in [-0.15, -0.1) is 0 Å². The van der Waals surface area contributed by atoms with Gasteiger partial charge in [-0.25, -0.2) is 0 Å². The lowest BCUT2D eigenvalue weighted by atomic mass is 10.0. The minimum atomic E-state index is -1.03. The van der Waals surface area contributed by atoms with Crippen LogP contribution in [0.3, 0.4) is 0 Å². The highest BCUT2D eigenvalue weighted by molar-refractivity contribution is 5.95. The second-order valence-electron chi connectivity index (χ2n) is 30.4. The Hall–Kier alpha value is -13.1. The lowest BCUT2D eigenvalue weighted by molar-refractivity contribution is -0.142. The van der Waals surface area contributed by atoms with Gasteiger partial charge in [-0.1, -0.05) is 206 Å². The minimum absolute atomic E-state index is 0.000852. The Bertz CT molecular complexity index is 4870. The maximum atomic E-state index is 13.4. The first kappa shape index (κ1) is 90.2. The zero-order valence-corrected chi connectivity index (χ0v) is 70.1. The summed E-state index contributed by atoms with van der Waals surface area (Å²) in [6, 6.07) is 79.3. The number of carboxylic acid groups (broad SMARTS) is 2. The van der Waals surface area contributed by atoms with Crippen LogP contribution in [-0.4, -0.2) is 214 Å². The maximum Gasteiger partial charge on any atom is 0.303 e. The largest absolute Gasteiger partial charge is 0.497 e. The zero-order valence-electron chi connectivity index (χ0n) is 70.1. The first-order valence-electron chi connectivity index (χ1n) is 40.9. The Morgan fingerprint density at radius 2 is 0.521 bits per heavy atom. The smallest absolute Gasteiger partial charge is 0.303 e. The topological polar surface area (TPSA) is 274 Å². The van der Waals surface area contributed by atoms with E-state index in [9.17, 15) is 47.9 Å². The second-order valence-corrected chi connectivity index (χ2v) is 30.4. The van der Waals surface area contributed by atoms with Crippen molar-refractivity contribution in [3.63, 3.8) is 0 Å². The standard InChI is InChI=1S/C28H30N2O4.C24H28N2O5.C23H26N2O4.C22H26N2O3/c1-29-26(18-15-21-9-5-3-6-10-21)30(27(31)20-34-24-11-7-4-8-12-24)25(28(29)32)19-22-13-16-23(33-2)17-14-22;1-25-21(13-10-17-6-4-3-5-7-17)26(22(27)14-15-23(28)29)20(24(25)30)16-18-8-11-19(31-2)12-9-18;1-24-20(13-12-17-8-4-2-5-9-17)25(21(26)14-15-22(27)28)19(23(24)29)16-18-10-6-3-7-11-18;1-16(25)24-20(15-18-9-12-19(27-3)13-10-18)22(26)23(2)21(24)14-11-17-7-5-4-6-8-17/h3-14,16-17,25-26H,15,18-20H2,1-2H3;3-9,11-12,20-21H,10,13-16H2,1-2H3,(H,28,29);2-11,19-20H,12-16H2,1H3,(H,27,28);4-10,12-13,20-21H,11,14-15H2,1-3H3. The lowest BCUT2D eigenvalue weighted by Gasteiger charge is -2.30. The van der Waals surface area contributed by atoms with Crippen molar-refractivity contribution in [1.29, 1.82) is 0 Å². The average Bonchev–Trinajstić information content (AvgIpc) is 1.64. The Kier molecular flexibility index (Phi) is 33.3. The summed E-state index contributed by atoms with van der Waals surface area (Å²) in [6.45, 7) is 1.43. The van der Waals surface area contributed by atoms with E-state index in [1.165, 1.54) is 11.1 Å². The molecule has 0 bridgehead atoms. The van der Waals surface area contributed by atoms with Crippen molar-refractivity contribution in [1.82, 2.24) is 39.2 Å². The number of methoxy groups -OCH3 is 3. The molecule has 4 heterocycles. The molecule has 8 amide bonds. The summed E-state index contributed by atoms with van der Waals surface area (Å²) < 4.78 is 21.4. The molecule has 634 valence electrons. The van der Waals surface area contributed by atoms with E-state index in [1.54, 1.807) is 95.6 Å². The highest BCUT2D eigenvalue weighted by atomic mass is 16.5. The predicted octanol–water partition coefficient (Wildman–Crippen LogP) is 12.3. The number of carbonyl (C=O) groups is 10. The van der Waals surface area contributed by atoms with E-state index in [2.05, 4.69) is 24.3 Å². The number of rotatable bonds is 32. The summed E-state index contributed by atoms with van der Waals surface area (Å²) in [5.41, 5.74) is 8.51.